The summed E-state index contributed by atoms with van der Waals surface area (Å²) in [4.78, 5) is 20.7. The maximum absolute atomic E-state index is 9.60. The van der Waals surface area contributed by atoms with Crippen molar-refractivity contribution < 1.29 is 4.74 Å². The van der Waals surface area contributed by atoms with Crippen LogP contribution in [0.15, 0.2) is 17.9 Å². The van der Waals surface area contributed by atoms with Crippen molar-refractivity contribution in [2.75, 3.05) is 56.6 Å². The first-order valence-corrected chi connectivity index (χ1v) is 11.6. The molecule has 0 saturated carbocycles. The van der Waals surface area contributed by atoms with E-state index in [1.165, 1.54) is 11.3 Å². The van der Waals surface area contributed by atoms with Crippen molar-refractivity contribution in [3.8, 4) is 6.07 Å². The van der Waals surface area contributed by atoms with Crippen LogP contribution in [0.2, 0.25) is 0 Å². The molecule has 10 heteroatoms. The van der Waals surface area contributed by atoms with Gasteiger partial charge in [0.2, 0.25) is 5.95 Å². The zero-order valence-corrected chi connectivity index (χ0v) is 18.8. The second kappa shape index (κ2) is 8.31. The van der Waals surface area contributed by atoms with E-state index in [0.29, 0.717) is 24.5 Å². The molecular weight excluding hydrogens is 412 g/mol. The molecule has 164 valence electrons. The van der Waals surface area contributed by atoms with Gasteiger partial charge in [-0.05, 0) is 13.3 Å². The topological polar surface area (TPSA) is 93.4 Å². The third kappa shape index (κ3) is 3.87. The minimum atomic E-state index is -0.103. The lowest BCUT2D eigenvalue weighted by Crippen LogP contribution is -2.73. The van der Waals surface area contributed by atoms with Gasteiger partial charge in [0.1, 0.15) is 10.8 Å². The zero-order valence-electron chi connectivity index (χ0n) is 18.0. The fraction of sp³-hybridized carbons (Fsp3) is 0.619. The molecule has 0 spiro atoms. The van der Waals surface area contributed by atoms with Crippen molar-refractivity contribution in [3.05, 3.63) is 23.5 Å². The van der Waals surface area contributed by atoms with E-state index in [0.717, 1.165) is 62.1 Å². The van der Waals surface area contributed by atoms with E-state index >= 15 is 0 Å². The van der Waals surface area contributed by atoms with Crippen LogP contribution in [0, 0.1) is 18.3 Å². The van der Waals surface area contributed by atoms with Crippen molar-refractivity contribution in [2.24, 2.45) is 0 Å². The maximum Gasteiger partial charge on any atom is 0.229 e. The third-order valence-electron chi connectivity index (χ3n) is 6.87. The number of aromatic nitrogens is 3. The SMILES string of the molecule is CO[C@@H]1C[C@H]2CN(C3(CC#N)CN(c4nc(Nc5cncs5)ncc4C)C3)CCN2C1. The molecule has 3 aliphatic rings. The molecule has 31 heavy (non-hydrogen) atoms. The number of thiazole rings is 1. The van der Waals surface area contributed by atoms with Crippen molar-refractivity contribution in [2.45, 2.75) is 37.5 Å². The average molecular weight is 441 g/mol. The first kappa shape index (κ1) is 20.6. The van der Waals surface area contributed by atoms with E-state index in [2.05, 4.69) is 36.1 Å². The smallest absolute Gasteiger partial charge is 0.229 e. The monoisotopic (exact) mass is 440 g/mol. The summed E-state index contributed by atoms with van der Waals surface area (Å²) in [5.74, 6) is 1.52. The molecule has 0 aliphatic carbocycles. The van der Waals surface area contributed by atoms with E-state index in [1.54, 1.807) is 11.7 Å². The fourth-order valence-electron chi connectivity index (χ4n) is 5.18. The van der Waals surface area contributed by atoms with Crippen molar-refractivity contribution in [3.63, 3.8) is 0 Å². The summed E-state index contributed by atoms with van der Waals surface area (Å²) in [5.41, 5.74) is 2.72. The number of nitriles is 1. The Morgan fingerprint density at radius 2 is 2.19 bits per heavy atom. The number of piperazine rings is 1. The number of ether oxygens (including phenoxy) is 1. The summed E-state index contributed by atoms with van der Waals surface area (Å²) in [6.07, 6.45) is 5.59. The minimum absolute atomic E-state index is 0.103. The third-order valence-corrected chi connectivity index (χ3v) is 7.56. The number of methoxy groups -OCH3 is 1. The molecule has 0 unspecified atom stereocenters. The predicted molar refractivity (Wildman–Crippen MR) is 120 cm³/mol. The number of fused-ring (bicyclic) bond motifs is 1. The Labute approximate surface area is 186 Å². The molecule has 2 aromatic rings. The Hall–Kier alpha value is -2.32. The molecular formula is C21H28N8OS. The molecule has 0 bridgehead atoms. The van der Waals surface area contributed by atoms with Crippen LogP contribution in [0.5, 0.6) is 0 Å². The molecule has 0 aromatic carbocycles. The van der Waals surface area contributed by atoms with Gasteiger partial charge in [-0.3, -0.25) is 14.8 Å². The number of aryl methyl sites for hydroxylation is 1. The van der Waals surface area contributed by atoms with Gasteiger partial charge < -0.3 is 15.0 Å². The molecule has 2 aromatic heterocycles. The highest BCUT2D eigenvalue weighted by molar-refractivity contribution is 7.13. The number of nitrogens with one attached hydrogen (secondary N) is 1. The lowest BCUT2D eigenvalue weighted by Gasteiger charge is -2.58. The van der Waals surface area contributed by atoms with Crippen molar-refractivity contribution in [1.29, 1.82) is 5.26 Å². The Bertz CT molecular complexity index is 955. The van der Waals surface area contributed by atoms with Crippen LogP contribution in [0.3, 0.4) is 0 Å². The molecule has 2 atom stereocenters. The Balaban J connectivity index is 1.29. The summed E-state index contributed by atoms with van der Waals surface area (Å²) in [6.45, 7) is 7.77. The maximum atomic E-state index is 9.60. The van der Waals surface area contributed by atoms with E-state index in [9.17, 15) is 5.26 Å². The molecule has 0 amide bonds. The van der Waals surface area contributed by atoms with Crippen LogP contribution >= 0.6 is 11.3 Å². The predicted octanol–water partition coefficient (Wildman–Crippen LogP) is 1.86. The summed E-state index contributed by atoms with van der Waals surface area (Å²) < 4.78 is 5.60. The first-order valence-electron chi connectivity index (χ1n) is 10.7. The van der Waals surface area contributed by atoms with Crippen LogP contribution in [0.4, 0.5) is 16.8 Å². The van der Waals surface area contributed by atoms with Gasteiger partial charge in [0.25, 0.3) is 0 Å². The van der Waals surface area contributed by atoms with Gasteiger partial charge in [-0.2, -0.15) is 10.2 Å². The average Bonchev–Trinajstić information content (AvgIpc) is 3.40. The van der Waals surface area contributed by atoms with E-state index in [4.69, 9.17) is 9.72 Å². The second-order valence-electron chi connectivity index (χ2n) is 8.79. The molecule has 3 fully saturated rings. The molecule has 3 saturated heterocycles. The van der Waals surface area contributed by atoms with Gasteiger partial charge in [-0.25, -0.2) is 4.98 Å². The van der Waals surface area contributed by atoms with Crippen LogP contribution in [-0.2, 0) is 4.74 Å². The van der Waals surface area contributed by atoms with Crippen LogP contribution in [0.25, 0.3) is 0 Å². The Kier molecular flexibility index (Phi) is 5.52. The Morgan fingerprint density at radius 1 is 1.32 bits per heavy atom. The van der Waals surface area contributed by atoms with Gasteiger partial charge >= 0.3 is 0 Å². The first-order chi connectivity index (χ1) is 15.1. The quantitative estimate of drug-likeness (QED) is 0.722. The normalized spacial score (nSPS) is 25.6. The van der Waals surface area contributed by atoms with Gasteiger partial charge in [0.05, 0.1) is 35.8 Å². The Morgan fingerprint density at radius 3 is 2.94 bits per heavy atom. The number of nitrogens with zero attached hydrogens (tertiary/aromatic N) is 7. The van der Waals surface area contributed by atoms with E-state index < -0.39 is 0 Å². The molecule has 0 radical (unpaired) electrons. The van der Waals surface area contributed by atoms with Crippen molar-refractivity contribution in [1.82, 2.24) is 24.8 Å². The van der Waals surface area contributed by atoms with E-state index in [1.807, 2.05) is 20.2 Å². The number of anilines is 3. The van der Waals surface area contributed by atoms with Crippen molar-refractivity contribution >= 4 is 28.1 Å². The van der Waals surface area contributed by atoms with Gasteiger partial charge in [-0.1, -0.05) is 0 Å². The van der Waals surface area contributed by atoms with E-state index in [-0.39, 0.29) is 5.54 Å². The lowest BCUT2D eigenvalue weighted by molar-refractivity contribution is -0.000801. The zero-order chi connectivity index (χ0) is 21.4. The second-order valence-corrected chi connectivity index (χ2v) is 9.68. The minimum Gasteiger partial charge on any atom is -0.380 e. The van der Waals surface area contributed by atoms with Crippen LogP contribution in [0.1, 0.15) is 18.4 Å². The summed E-state index contributed by atoms with van der Waals surface area (Å²) in [5, 5.41) is 13.7. The largest absolute Gasteiger partial charge is 0.380 e. The summed E-state index contributed by atoms with van der Waals surface area (Å²) >= 11 is 1.52. The highest BCUT2D eigenvalue weighted by Gasteiger charge is 2.51. The highest BCUT2D eigenvalue weighted by atomic mass is 32.1. The molecule has 5 heterocycles. The standard InChI is InChI=1S/C21H28N8OS/c1-15-8-24-20(25-18-9-23-14-31-18)26-19(15)28-12-21(13-28,3-4-22)29-6-5-27-11-17(30-2)7-16(27)10-29/h8-9,14,16-17H,3,5-7,10-13H2,1-2H3,(H,24,25,26)/t16-,17+/m0/s1. The number of hydrogen-bond acceptors (Lipinski definition) is 10. The molecule has 5 rings (SSSR count). The highest BCUT2D eigenvalue weighted by Crippen LogP contribution is 2.38. The number of hydrogen-bond donors (Lipinski definition) is 1. The lowest BCUT2D eigenvalue weighted by atomic mass is 9.83. The fourth-order valence-corrected chi connectivity index (χ4v) is 5.69. The van der Waals surface area contributed by atoms with Gasteiger partial charge in [0, 0.05) is 64.2 Å². The van der Waals surface area contributed by atoms with Crippen LogP contribution in [-0.4, -0.2) is 88.8 Å². The van der Waals surface area contributed by atoms with Crippen LogP contribution < -0.4 is 10.2 Å². The molecule has 9 nitrogen and oxygen atoms in total. The molecule has 3 aliphatic heterocycles. The number of rotatable bonds is 6. The summed E-state index contributed by atoms with van der Waals surface area (Å²) in [6, 6.07) is 2.98. The molecule has 1 N–H and O–H groups in total. The van der Waals surface area contributed by atoms with Gasteiger partial charge in [-0.15, -0.1) is 11.3 Å². The summed E-state index contributed by atoms with van der Waals surface area (Å²) in [7, 11) is 1.81. The van der Waals surface area contributed by atoms with Gasteiger partial charge in [0.15, 0.2) is 0 Å².